The number of carbonyl (C=O) groups is 1. The zero-order chi connectivity index (χ0) is 12.0. The fourth-order valence-electron chi connectivity index (χ4n) is 1.01. The predicted molar refractivity (Wildman–Crippen MR) is 65.9 cm³/mol. The van der Waals surface area contributed by atoms with Crippen LogP contribution in [0, 0.1) is 0 Å². The highest BCUT2D eigenvalue weighted by Crippen LogP contribution is 2.14. The average Bonchev–Trinajstić information content (AvgIpc) is 2.74. The molecular formula is C10H18N4OS. The molecular weight excluding hydrogens is 224 g/mol. The molecule has 16 heavy (non-hydrogen) atoms. The summed E-state index contributed by atoms with van der Waals surface area (Å²) in [6, 6.07) is 0.170. The Hall–Kier alpha value is -1.17. The van der Waals surface area contributed by atoms with Crippen LogP contribution in [0.5, 0.6) is 0 Å². The molecule has 1 aromatic rings. The van der Waals surface area contributed by atoms with Crippen molar-refractivity contribution in [3.63, 3.8) is 0 Å². The summed E-state index contributed by atoms with van der Waals surface area (Å²) < 4.78 is 0. The largest absolute Gasteiger partial charge is 0.360 e. The Morgan fingerprint density at radius 2 is 2.19 bits per heavy atom. The Bertz CT molecular complexity index is 339. The Morgan fingerprint density at radius 1 is 1.44 bits per heavy atom. The smallest absolute Gasteiger partial charge is 0.282 e. The van der Waals surface area contributed by atoms with Crippen LogP contribution in [0.25, 0.3) is 0 Å². The summed E-state index contributed by atoms with van der Waals surface area (Å²) in [4.78, 5) is 11.7. The average molecular weight is 242 g/mol. The molecule has 1 heterocycles. The Balaban J connectivity index is 2.52. The lowest BCUT2D eigenvalue weighted by molar-refractivity contribution is 0.0938. The van der Waals surface area contributed by atoms with E-state index in [-0.39, 0.29) is 11.9 Å². The van der Waals surface area contributed by atoms with Crippen LogP contribution in [0.15, 0.2) is 0 Å². The molecule has 1 rings (SSSR count). The number of aromatic nitrogens is 2. The molecule has 0 aliphatic heterocycles. The maximum Gasteiger partial charge on any atom is 0.282 e. The predicted octanol–water partition coefficient (Wildman–Crippen LogP) is 1.89. The lowest BCUT2D eigenvalue weighted by Gasteiger charge is -2.08. The van der Waals surface area contributed by atoms with Crippen molar-refractivity contribution in [2.24, 2.45) is 0 Å². The normalized spacial score (nSPS) is 12.2. The molecule has 0 saturated heterocycles. The van der Waals surface area contributed by atoms with E-state index in [1.807, 2.05) is 13.8 Å². The van der Waals surface area contributed by atoms with Crippen LogP contribution in [-0.4, -0.2) is 28.7 Å². The highest BCUT2D eigenvalue weighted by molar-refractivity contribution is 7.17. The lowest BCUT2D eigenvalue weighted by Crippen LogP contribution is -2.31. The zero-order valence-electron chi connectivity index (χ0n) is 9.91. The van der Waals surface area contributed by atoms with E-state index in [9.17, 15) is 4.79 Å². The number of nitrogens with one attached hydrogen (secondary N) is 2. The van der Waals surface area contributed by atoms with Crippen molar-refractivity contribution in [3.8, 4) is 0 Å². The first-order valence-corrected chi connectivity index (χ1v) is 6.37. The van der Waals surface area contributed by atoms with Gasteiger partial charge in [0.25, 0.3) is 5.91 Å². The second kappa shape index (κ2) is 6.42. The quantitative estimate of drug-likeness (QED) is 0.799. The minimum Gasteiger partial charge on any atom is -0.360 e. The van der Waals surface area contributed by atoms with Crippen molar-refractivity contribution in [3.05, 3.63) is 5.01 Å². The summed E-state index contributed by atoms with van der Waals surface area (Å²) in [6.07, 6.45) is 1.93. The molecule has 0 aliphatic carbocycles. The molecule has 1 unspecified atom stereocenters. The number of hydrogen-bond acceptors (Lipinski definition) is 5. The van der Waals surface area contributed by atoms with E-state index in [2.05, 4.69) is 27.8 Å². The molecule has 90 valence electrons. The summed E-state index contributed by atoms with van der Waals surface area (Å²) in [6.45, 7) is 6.92. The molecule has 6 heteroatoms. The Morgan fingerprint density at radius 3 is 2.81 bits per heavy atom. The summed E-state index contributed by atoms with van der Waals surface area (Å²) in [5.41, 5.74) is 0. The summed E-state index contributed by atoms with van der Waals surface area (Å²) in [5, 5.41) is 14.8. The van der Waals surface area contributed by atoms with Gasteiger partial charge in [-0.15, -0.1) is 10.2 Å². The maximum absolute atomic E-state index is 11.7. The fourth-order valence-corrected chi connectivity index (χ4v) is 1.68. The van der Waals surface area contributed by atoms with Gasteiger partial charge in [-0.2, -0.15) is 0 Å². The molecule has 0 radical (unpaired) electrons. The molecule has 0 bridgehead atoms. The number of nitrogens with zero attached hydrogens (tertiary/aromatic N) is 2. The van der Waals surface area contributed by atoms with Gasteiger partial charge in [0.2, 0.25) is 10.1 Å². The van der Waals surface area contributed by atoms with Gasteiger partial charge in [0.15, 0.2) is 0 Å². The third-order valence-electron chi connectivity index (χ3n) is 2.14. The first-order chi connectivity index (χ1) is 7.67. The standard InChI is InChI=1S/C10H18N4OS/c1-4-6-11-10-14-13-9(16-10)8(15)12-7(3)5-2/h7H,4-6H2,1-3H3,(H,11,14)(H,12,15). The molecule has 0 fully saturated rings. The van der Waals surface area contributed by atoms with Crippen molar-refractivity contribution in [2.75, 3.05) is 11.9 Å². The van der Waals surface area contributed by atoms with Crippen molar-refractivity contribution >= 4 is 22.4 Å². The van der Waals surface area contributed by atoms with Gasteiger partial charge >= 0.3 is 0 Å². The van der Waals surface area contributed by atoms with Crippen molar-refractivity contribution in [2.45, 2.75) is 39.7 Å². The zero-order valence-corrected chi connectivity index (χ0v) is 10.7. The second-order valence-corrected chi connectivity index (χ2v) is 4.60. The van der Waals surface area contributed by atoms with E-state index >= 15 is 0 Å². The molecule has 2 N–H and O–H groups in total. The van der Waals surface area contributed by atoms with Gasteiger partial charge < -0.3 is 10.6 Å². The van der Waals surface area contributed by atoms with Crippen LogP contribution in [0.1, 0.15) is 43.4 Å². The van der Waals surface area contributed by atoms with Gasteiger partial charge in [-0.3, -0.25) is 4.79 Å². The Labute approximate surface area is 99.7 Å². The van der Waals surface area contributed by atoms with E-state index in [0.29, 0.717) is 10.1 Å². The van der Waals surface area contributed by atoms with Crippen LogP contribution >= 0.6 is 11.3 Å². The number of carbonyl (C=O) groups excluding carboxylic acids is 1. The van der Waals surface area contributed by atoms with Gasteiger partial charge in [-0.25, -0.2) is 0 Å². The minimum absolute atomic E-state index is 0.142. The van der Waals surface area contributed by atoms with Gasteiger partial charge in [0.1, 0.15) is 0 Å². The highest BCUT2D eigenvalue weighted by atomic mass is 32.1. The number of anilines is 1. The topological polar surface area (TPSA) is 66.9 Å². The minimum atomic E-state index is -0.142. The van der Waals surface area contributed by atoms with Crippen LogP contribution in [0.4, 0.5) is 5.13 Å². The number of hydrogen-bond donors (Lipinski definition) is 2. The molecule has 0 spiro atoms. The summed E-state index contributed by atoms with van der Waals surface area (Å²) >= 11 is 1.29. The molecule has 0 aromatic carbocycles. The second-order valence-electron chi connectivity index (χ2n) is 3.62. The van der Waals surface area contributed by atoms with E-state index in [0.717, 1.165) is 19.4 Å². The number of rotatable bonds is 6. The third-order valence-corrected chi connectivity index (χ3v) is 3.02. The first-order valence-electron chi connectivity index (χ1n) is 5.55. The summed E-state index contributed by atoms with van der Waals surface area (Å²) in [7, 11) is 0. The van der Waals surface area contributed by atoms with Crippen LogP contribution in [0.2, 0.25) is 0 Å². The van der Waals surface area contributed by atoms with Gasteiger partial charge in [0, 0.05) is 12.6 Å². The van der Waals surface area contributed by atoms with Gasteiger partial charge in [-0.05, 0) is 19.8 Å². The first kappa shape index (κ1) is 12.9. The SMILES string of the molecule is CCCNc1nnc(C(=O)NC(C)CC)s1. The monoisotopic (exact) mass is 242 g/mol. The molecule has 1 aromatic heterocycles. The van der Waals surface area contributed by atoms with Crippen molar-refractivity contribution in [1.29, 1.82) is 0 Å². The van der Waals surface area contributed by atoms with E-state index < -0.39 is 0 Å². The molecule has 5 nitrogen and oxygen atoms in total. The lowest BCUT2D eigenvalue weighted by atomic mass is 10.2. The van der Waals surface area contributed by atoms with Gasteiger partial charge in [-0.1, -0.05) is 25.2 Å². The van der Waals surface area contributed by atoms with Gasteiger partial charge in [0.05, 0.1) is 0 Å². The van der Waals surface area contributed by atoms with E-state index in [1.165, 1.54) is 11.3 Å². The summed E-state index contributed by atoms with van der Waals surface area (Å²) in [5.74, 6) is -0.142. The van der Waals surface area contributed by atoms with Crippen molar-refractivity contribution in [1.82, 2.24) is 15.5 Å². The van der Waals surface area contributed by atoms with Crippen LogP contribution in [0.3, 0.4) is 0 Å². The maximum atomic E-state index is 11.7. The molecule has 0 aliphatic rings. The highest BCUT2D eigenvalue weighted by Gasteiger charge is 2.13. The Kier molecular flexibility index (Phi) is 5.18. The molecule has 1 amide bonds. The van der Waals surface area contributed by atoms with Crippen LogP contribution in [-0.2, 0) is 0 Å². The fraction of sp³-hybridized carbons (Fsp3) is 0.700. The third kappa shape index (κ3) is 3.77. The molecule has 0 saturated carbocycles. The van der Waals surface area contributed by atoms with E-state index in [4.69, 9.17) is 0 Å². The van der Waals surface area contributed by atoms with E-state index in [1.54, 1.807) is 0 Å². The number of amides is 1. The molecule has 1 atom stereocenters. The van der Waals surface area contributed by atoms with Crippen LogP contribution < -0.4 is 10.6 Å². The van der Waals surface area contributed by atoms with Crippen molar-refractivity contribution < 1.29 is 4.79 Å².